The molecule has 0 fully saturated rings. The third-order valence-corrected chi connectivity index (χ3v) is 3.29. The summed E-state index contributed by atoms with van der Waals surface area (Å²) in [5, 5.41) is 11.6. The van der Waals surface area contributed by atoms with Crippen molar-refractivity contribution in [2.45, 2.75) is 13.0 Å². The number of benzene rings is 2. The molecular weight excluding hydrogens is 296 g/mol. The van der Waals surface area contributed by atoms with Gasteiger partial charge in [0.15, 0.2) is 17.6 Å². The maximum atomic E-state index is 12.2. The lowest BCUT2D eigenvalue weighted by Crippen LogP contribution is -2.30. The summed E-state index contributed by atoms with van der Waals surface area (Å²) in [5.74, 6) is 1.42. The Balaban J connectivity index is 1.64. The Morgan fingerprint density at radius 3 is 2.91 bits per heavy atom. The van der Waals surface area contributed by atoms with Crippen molar-refractivity contribution in [2.24, 2.45) is 0 Å². The van der Waals surface area contributed by atoms with Gasteiger partial charge in [0.1, 0.15) is 5.75 Å². The summed E-state index contributed by atoms with van der Waals surface area (Å²) in [5.41, 5.74) is 1.08. The fourth-order valence-corrected chi connectivity index (χ4v) is 2.11. The van der Waals surface area contributed by atoms with E-state index in [1.165, 1.54) is 0 Å². The SMILES string of the molecule is CC(Oc1cccc(C#N)c1)C(=O)Nc1ccc2c(c1)OCO2. The number of ether oxygens (including phenoxy) is 3. The topological polar surface area (TPSA) is 80.6 Å². The highest BCUT2D eigenvalue weighted by molar-refractivity contribution is 5.94. The molecule has 1 aliphatic rings. The van der Waals surface area contributed by atoms with Crippen LogP contribution >= 0.6 is 0 Å². The summed E-state index contributed by atoms with van der Waals surface area (Å²) in [6, 6.07) is 13.9. The average Bonchev–Trinajstić information content (AvgIpc) is 3.02. The molecule has 1 atom stereocenters. The van der Waals surface area contributed by atoms with Crippen molar-refractivity contribution in [3.63, 3.8) is 0 Å². The maximum Gasteiger partial charge on any atom is 0.265 e. The van der Waals surface area contributed by atoms with E-state index in [4.69, 9.17) is 19.5 Å². The van der Waals surface area contributed by atoms with E-state index in [-0.39, 0.29) is 12.7 Å². The molecule has 1 aliphatic heterocycles. The lowest BCUT2D eigenvalue weighted by molar-refractivity contribution is -0.122. The number of carbonyl (C=O) groups excluding carboxylic acids is 1. The predicted molar refractivity (Wildman–Crippen MR) is 82.4 cm³/mol. The second kappa shape index (κ2) is 6.28. The van der Waals surface area contributed by atoms with Gasteiger partial charge < -0.3 is 19.5 Å². The van der Waals surface area contributed by atoms with E-state index in [9.17, 15) is 4.79 Å². The monoisotopic (exact) mass is 310 g/mol. The number of hydrogen-bond acceptors (Lipinski definition) is 5. The van der Waals surface area contributed by atoms with Gasteiger partial charge in [0.2, 0.25) is 6.79 Å². The number of anilines is 1. The molecule has 6 heteroatoms. The van der Waals surface area contributed by atoms with E-state index in [1.54, 1.807) is 49.4 Å². The third-order valence-electron chi connectivity index (χ3n) is 3.29. The molecule has 0 bridgehead atoms. The highest BCUT2D eigenvalue weighted by Gasteiger charge is 2.18. The quantitative estimate of drug-likeness (QED) is 0.939. The molecule has 2 aromatic carbocycles. The minimum absolute atomic E-state index is 0.182. The first-order chi connectivity index (χ1) is 11.2. The molecule has 1 N–H and O–H groups in total. The van der Waals surface area contributed by atoms with E-state index >= 15 is 0 Å². The van der Waals surface area contributed by atoms with Gasteiger partial charge in [-0.25, -0.2) is 0 Å². The molecule has 0 spiro atoms. The normalized spacial score (nSPS) is 13.0. The lowest BCUT2D eigenvalue weighted by Gasteiger charge is -2.15. The Hall–Kier alpha value is -3.20. The van der Waals surface area contributed by atoms with Crippen molar-refractivity contribution < 1.29 is 19.0 Å². The maximum absolute atomic E-state index is 12.2. The van der Waals surface area contributed by atoms with Crippen molar-refractivity contribution in [3.8, 4) is 23.3 Å². The number of carbonyl (C=O) groups is 1. The van der Waals surface area contributed by atoms with Crippen LogP contribution in [-0.2, 0) is 4.79 Å². The summed E-state index contributed by atoms with van der Waals surface area (Å²) in [6.45, 7) is 1.82. The zero-order valence-electron chi connectivity index (χ0n) is 12.4. The Labute approximate surface area is 133 Å². The van der Waals surface area contributed by atoms with Crippen LogP contribution in [0.15, 0.2) is 42.5 Å². The van der Waals surface area contributed by atoms with Gasteiger partial charge in [-0.15, -0.1) is 0 Å². The van der Waals surface area contributed by atoms with Crippen LogP contribution in [0.2, 0.25) is 0 Å². The second-order valence-electron chi connectivity index (χ2n) is 4.96. The highest BCUT2D eigenvalue weighted by atomic mass is 16.7. The van der Waals surface area contributed by atoms with Crippen LogP contribution in [0.4, 0.5) is 5.69 Å². The third kappa shape index (κ3) is 3.35. The van der Waals surface area contributed by atoms with Gasteiger partial charge in [-0.2, -0.15) is 5.26 Å². The molecule has 3 rings (SSSR count). The number of nitrogens with one attached hydrogen (secondary N) is 1. The van der Waals surface area contributed by atoms with E-state index in [0.29, 0.717) is 28.5 Å². The van der Waals surface area contributed by atoms with Crippen LogP contribution < -0.4 is 19.5 Å². The van der Waals surface area contributed by atoms with Crippen molar-refractivity contribution >= 4 is 11.6 Å². The highest BCUT2D eigenvalue weighted by Crippen LogP contribution is 2.34. The summed E-state index contributed by atoms with van der Waals surface area (Å²) >= 11 is 0. The molecule has 23 heavy (non-hydrogen) atoms. The fraction of sp³-hybridized carbons (Fsp3) is 0.176. The molecule has 0 saturated carbocycles. The number of rotatable bonds is 4. The molecule has 2 aromatic rings. The minimum Gasteiger partial charge on any atom is -0.481 e. The first-order valence-electron chi connectivity index (χ1n) is 7.03. The summed E-state index contributed by atoms with van der Waals surface area (Å²) in [7, 11) is 0. The van der Waals surface area contributed by atoms with Gasteiger partial charge in [0.05, 0.1) is 11.6 Å². The van der Waals surface area contributed by atoms with Crippen LogP contribution in [0.25, 0.3) is 0 Å². The van der Waals surface area contributed by atoms with Crippen LogP contribution in [0, 0.1) is 11.3 Å². The van der Waals surface area contributed by atoms with Crippen LogP contribution in [0.5, 0.6) is 17.2 Å². The van der Waals surface area contributed by atoms with Crippen LogP contribution in [-0.4, -0.2) is 18.8 Å². The van der Waals surface area contributed by atoms with Gasteiger partial charge in [-0.1, -0.05) is 6.07 Å². The smallest absolute Gasteiger partial charge is 0.265 e. The summed E-state index contributed by atoms with van der Waals surface area (Å²) in [6.07, 6.45) is -0.714. The number of hydrogen-bond donors (Lipinski definition) is 1. The number of nitrogens with zero attached hydrogens (tertiary/aromatic N) is 1. The lowest BCUT2D eigenvalue weighted by atomic mass is 10.2. The Morgan fingerprint density at radius 1 is 1.26 bits per heavy atom. The molecule has 0 radical (unpaired) electrons. The van der Waals surface area contributed by atoms with Crippen molar-refractivity contribution in [2.75, 3.05) is 12.1 Å². The standard InChI is InChI=1S/C17H14N2O4/c1-11(23-14-4-2-3-12(7-14)9-18)17(20)19-13-5-6-15-16(8-13)22-10-21-15/h2-8,11H,10H2,1H3,(H,19,20). The Morgan fingerprint density at radius 2 is 2.09 bits per heavy atom. The second-order valence-corrected chi connectivity index (χ2v) is 4.96. The van der Waals surface area contributed by atoms with Gasteiger partial charge in [0.25, 0.3) is 5.91 Å². The molecule has 0 saturated heterocycles. The zero-order valence-corrected chi connectivity index (χ0v) is 12.4. The van der Waals surface area contributed by atoms with E-state index in [0.717, 1.165) is 0 Å². The number of nitriles is 1. The average molecular weight is 310 g/mol. The molecule has 1 heterocycles. The molecule has 1 unspecified atom stereocenters. The van der Waals surface area contributed by atoms with Crippen LogP contribution in [0.3, 0.4) is 0 Å². The minimum atomic E-state index is -0.714. The number of fused-ring (bicyclic) bond motifs is 1. The molecule has 116 valence electrons. The summed E-state index contributed by atoms with van der Waals surface area (Å²) < 4.78 is 16.1. The van der Waals surface area contributed by atoms with E-state index in [1.807, 2.05) is 6.07 Å². The zero-order chi connectivity index (χ0) is 16.2. The van der Waals surface area contributed by atoms with Gasteiger partial charge in [-0.3, -0.25) is 4.79 Å². The molecule has 6 nitrogen and oxygen atoms in total. The largest absolute Gasteiger partial charge is 0.481 e. The van der Waals surface area contributed by atoms with E-state index in [2.05, 4.69) is 5.32 Å². The van der Waals surface area contributed by atoms with Gasteiger partial charge in [-0.05, 0) is 37.3 Å². The van der Waals surface area contributed by atoms with Crippen LogP contribution in [0.1, 0.15) is 12.5 Å². The molecule has 1 amide bonds. The van der Waals surface area contributed by atoms with Gasteiger partial charge in [0, 0.05) is 11.8 Å². The Kier molecular flexibility index (Phi) is 4.02. The van der Waals surface area contributed by atoms with E-state index < -0.39 is 6.10 Å². The Bertz CT molecular complexity index is 782. The predicted octanol–water partition coefficient (Wildman–Crippen LogP) is 2.69. The molecular formula is C17H14N2O4. The number of amides is 1. The van der Waals surface area contributed by atoms with Gasteiger partial charge >= 0.3 is 0 Å². The summed E-state index contributed by atoms with van der Waals surface area (Å²) in [4.78, 5) is 12.2. The van der Waals surface area contributed by atoms with Crippen molar-refractivity contribution in [3.05, 3.63) is 48.0 Å². The first kappa shape index (κ1) is 14.7. The van der Waals surface area contributed by atoms with Crippen molar-refractivity contribution in [1.29, 1.82) is 5.26 Å². The molecule has 0 aliphatic carbocycles. The van der Waals surface area contributed by atoms with Crippen molar-refractivity contribution in [1.82, 2.24) is 0 Å². The molecule has 0 aromatic heterocycles. The first-order valence-corrected chi connectivity index (χ1v) is 7.03. The fourth-order valence-electron chi connectivity index (χ4n) is 2.11.